The average Bonchev–Trinajstić information content (AvgIpc) is 2.63. The van der Waals surface area contributed by atoms with Crippen LogP contribution < -0.4 is 0 Å². The molecule has 3 fully saturated rings. The Morgan fingerprint density at radius 1 is 0.909 bits per heavy atom. The van der Waals surface area contributed by atoms with Gasteiger partial charge in [0.2, 0.25) is 0 Å². The largest absolute Gasteiger partial charge is 0.372 e. The van der Waals surface area contributed by atoms with Gasteiger partial charge in [0.15, 0.2) is 0 Å². The molecule has 0 N–H and O–H groups in total. The van der Waals surface area contributed by atoms with E-state index in [1.54, 1.807) is 0 Å². The third kappa shape index (κ3) is 2.18. The maximum atomic E-state index is 6.10. The van der Waals surface area contributed by atoms with E-state index >= 15 is 0 Å². The molecular formula is C20H23NO. The van der Waals surface area contributed by atoms with Crippen LogP contribution in [0.5, 0.6) is 0 Å². The summed E-state index contributed by atoms with van der Waals surface area (Å²) < 4.78 is 6.10. The monoisotopic (exact) mass is 293 g/mol. The van der Waals surface area contributed by atoms with E-state index in [4.69, 9.17) is 4.74 Å². The highest BCUT2D eigenvalue weighted by Crippen LogP contribution is 2.45. The summed E-state index contributed by atoms with van der Waals surface area (Å²) in [5, 5.41) is 0. The number of piperidine rings is 3. The Morgan fingerprint density at radius 3 is 2.09 bits per heavy atom. The molecule has 22 heavy (non-hydrogen) atoms. The van der Waals surface area contributed by atoms with E-state index in [-0.39, 0.29) is 5.60 Å². The number of nitrogens with zero attached hydrogens (tertiary/aromatic N) is 1. The SMILES string of the molecule is CO[C@@]1(c2ccc(-c3ccccc3)cc2)CN2CCC1CC2. The van der Waals surface area contributed by atoms with E-state index < -0.39 is 0 Å². The Labute approximate surface area is 132 Å². The quantitative estimate of drug-likeness (QED) is 0.850. The molecule has 2 bridgehead atoms. The number of hydrogen-bond acceptors (Lipinski definition) is 2. The smallest absolute Gasteiger partial charge is 0.108 e. The summed E-state index contributed by atoms with van der Waals surface area (Å²) >= 11 is 0. The number of hydrogen-bond donors (Lipinski definition) is 0. The van der Waals surface area contributed by atoms with E-state index in [1.807, 2.05) is 7.11 Å². The predicted molar refractivity (Wildman–Crippen MR) is 89.7 cm³/mol. The van der Waals surface area contributed by atoms with Crippen LogP contribution in [0.4, 0.5) is 0 Å². The molecule has 0 aromatic heterocycles. The molecule has 0 amide bonds. The Morgan fingerprint density at radius 2 is 1.55 bits per heavy atom. The molecule has 0 aliphatic carbocycles. The minimum absolute atomic E-state index is 0.105. The lowest BCUT2D eigenvalue weighted by Gasteiger charge is -2.52. The van der Waals surface area contributed by atoms with Crippen LogP contribution in [0.3, 0.4) is 0 Å². The molecule has 2 aromatic carbocycles. The van der Waals surface area contributed by atoms with Crippen LogP contribution in [0, 0.1) is 5.92 Å². The third-order valence-corrected chi connectivity index (χ3v) is 5.55. The normalized spacial score (nSPS) is 30.4. The first-order valence-electron chi connectivity index (χ1n) is 8.25. The summed E-state index contributed by atoms with van der Waals surface area (Å²) in [6.45, 7) is 3.51. The molecular weight excluding hydrogens is 270 g/mol. The zero-order valence-corrected chi connectivity index (χ0v) is 13.2. The second-order valence-electron chi connectivity index (χ2n) is 6.59. The zero-order valence-electron chi connectivity index (χ0n) is 13.2. The van der Waals surface area contributed by atoms with E-state index in [1.165, 1.54) is 42.6 Å². The summed E-state index contributed by atoms with van der Waals surface area (Å²) in [6.07, 6.45) is 2.52. The van der Waals surface area contributed by atoms with Crippen molar-refractivity contribution in [3.63, 3.8) is 0 Å². The summed E-state index contributed by atoms with van der Waals surface area (Å²) in [5.41, 5.74) is 3.78. The number of ether oxygens (including phenoxy) is 1. The Kier molecular flexibility index (Phi) is 3.51. The van der Waals surface area contributed by atoms with Crippen molar-refractivity contribution in [1.29, 1.82) is 0 Å². The lowest BCUT2D eigenvalue weighted by molar-refractivity contribution is -0.141. The molecule has 114 valence electrons. The van der Waals surface area contributed by atoms with Gasteiger partial charge < -0.3 is 9.64 Å². The van der Waals surface area contributed by atoms with Gasteiger partial charge in [0, 0.05) is 13.7 Å². The fourth-order valence-corrected chi connectivity index (χ4v) is 4.27. The van der Waals surface area contributed by atoms with Crippen molar-refractivity contribution in [3.05, 3.63) is 60.2 Å². The van der Waals surface area contributed by atoms with Crippen molar-refractivity contribution in [1.82, 2.24) is 4.90 Å². The second kappa shape index (κ2) is 5.53. The van der Waals surface area contributed by atoms with Crippen molar-refractivity contribution in [2.75, 3.05) is 26.7 Å². The number of rotatable bonds is 3. The van der Waals surface area contributed by atoms with Crippen LogP contribution in [0.15, 0.2) is 54.6 Å². The third-order valence-electron chi connectivity index (χ3n) is 5.55. The van der Waals surface area contributed by atoms with Crippen molar-refractivity contribution >= 4 is 0 Å². The van der Waals surface area contributed by atoms with Crippen molar-refractivity contribution in [2.45, 2.75) is 18.4 Å². The Balaban J connectivity index is 1.67. The van der Waals surface area contributed by atoms with E-state index in [2.05, 4.69) is 59.5 Å². The first-order chi connectivity index (χ1) is 10.8. The highest BCUT2D eigenvalue weighted by molar-refractivity contribution is 5.63. The lowest BCUT2D eigenvalue weighted by Crippen LogP contribution is -2.58. The molecule has 2 aromatic rings. The molecule has 3 heterocycles. The predicted octanol–water partition coefficient (Wildman–Crippen LogP) is 3.92. The van der Waals surface area contributed by atoms with Gasteiger partial charge in [-0.2, -0.15) is 0 Å². The van der Waals surface area contributed by atoms with E-state index in [0.717, 1.165) is 6.54 Å². The van der Waals surface area contributed by atoms with Crippen molar-refractivity contribution in [2.24, 2.45) is 5.92 Å². The highest BCUT2D eigenvalue weighted by atomic mass is 16.5. The minimum atomic E-state index is -0.105. The zero-order chi connectivity index (χ0) is 15.0. The summed E-state index contributed by atoms with van der Waals surface area (Å²) in [4.78, 5) is 2.55. The maximum Gasteiger partial charge on any atom is 0.108 e. The second-order valence-corrected chi connectivity index (χ2v) is 6.59. The van der Waals surface area contributed by atoms with E-state index in [0.29, 0.717) is 5.92 Å². The highest BCUT2D eigenvalue weighted by Gasteiger charge is 2.48. The molecule has 5 rings (SSSR count). The molecule has 3 saturated heterocycles. The lowest BCUT2D eigenvalue weighted by atomic mass is 9.71. The maximum absolute atomic E-state index is 6.10. The number of fused-ring (bicyclic) bond motifs is 3. The van der Waals surface area contributed by atoms with Gasteiger partial charge in [0.05, 0.1) is 0 Å². The molecule has 0 saturated carbocycles. The van der Waals surface area contributed by atoms with Crippen LogP contribution in [-0.4, -0.2) is 31.6 Å². The molecule has 0 spiro atoms. The van der Waals surface area contributed by atoms with Gasteiger partial charge in [0.1, 0.15) is 5.60 Å². The molecule has 0 unspecified atom stereocenters. The van der Waals surface area contributed by atoms with E-state index in [9.17, 15) is 0 Å². The van der Waals surface area contributed by atoms with Gasteiger partial charge in [-0.25, -0.2) is 0 Å². The minimum Gasteiger partial charge on any atom is -0.372 e. The van der Waals surface area contributed by atoms with Gasteiger partial charge in [-0.1, -0.05) is 54.6 Å². The first kappa shape index (κ1) is 14.0. The van der Waals surface area contributed by atoms with Crippen molar-refractivity contribution in [3.8, 4) is 11.1 Å². The molecule has 0 radical (unpaired) electrons. The standard InChI is InChI=1S/C20H23NO/c1-22-20(15-21-13-11-19(20)12-14-21)18-9-7-17(8-10-18)16-5-3-2-4-6-16/h2-10,19H,11-15H2,1H3/t20-/m1/s1. The fourth-order valence-electron chi connectivity index (χ4n) is 4.27. The molecule has 1 atom stereocenters. The van der Waals surface area contributed by atoms with Crippen LogP contribution in [0.25, 0.3) is 11.1 Å². The Hall–Kier alpha value is -1.64. The fraction of sp³-hybridized carbons (Fsp3) is 0.400. The van der Waals surface area contributed by atoms with Gasteiger partial charge in [-0.05, 0) is 48.5 Å². The van der Waals surface area contributed by atoms with Crippen LogP contribution >= 0.6 is 0 Å². The van der Waals surface area contributed by atoms with Gasteiger partial charge in [-0.15, -0.1) is 0 Å². The average molecular weight is 293 g/mol. The summed E-state index contributed by atoms with van der Waals surface area (Å²) in [7, 11) is 1.88. The van der Waals surface area contributed by atoms with Crippen LogP contribution in [-0.2, 0) is 10.3 Å². The molecule has 3 aliphatic rings. The molecule has 2 nitrogen and oxygen atoms in total. The number of benzene rings is 2. The van der Waals surface area contributed by atoms with Crippen LogP contribution in [0.1, 0.15) is 18.4 Å². The topological polar surface area (TPSA) is 12.5 Å². The number of methoxy groups -OCH3 is 1. The van der Waals surface area contributed by atoms with Crippen molar-refractivity contribution < 1.29 is 4.74 Å². The van der Waals surface area contributed by atoms with Gasteiger partial charge >= 0.3 is 0 Å². The summed E-state index contributed by atoms with van der Waals surface area (Å²) in [6, 6.07) is 19.6. The van der Waals surface area contributed by atoms with Crippen LogP contribution in [0.2, 0.25) is 0 Å². The van der Waals surface area contributed by atoms with Gasteiger partial charge in [-0.3, -0.25) is 0 Å². The van der Waals surface area contributed by atoms with Gasteiger partial charge in [0.25, 0.3) is 0 Å². The Bertz CT molecular complexity index is 629. The summed E-state index contributed by atoms with van der Waals surface area (Å²) in [5.74, 6) is 0.657. The molecule has 2 heteroatoms. The first-order valence-corrected chi connectivity index (χ1v) is 8.25. The molecule has 3 aliphatic heterocycles.